The summed E-state index contributed by atoms with van der Waals surface area (Å²) in [6.07, 6.45) is 7.08. The number of nitrogens with zero attached hydrogens (tertiary/aromatic N) is 4. The van der Waals surface area contributed by atoms with E-state index in [1.165, 1.54) is 0 Å². The van der Waals surface area contributed by atoms with E-state index in [1.807, 2.05) is 17.7 Å². The third-order valence-corrected chi connectivity index (χ3v) is 1.91. The van der Waals surface area contributed by atoms with E-state index < -0.39 is 0 Å². The Morgan fingerprint density at radius 3 is 2.57 bits per heavy atom. The number of imidazole rings is 1. The van der Waals surface area contributed by atoms with Crippen molar-refractivity contribution < 1.29 is 0 Å². The highest BCUT2D eigenvalue weighted by atomic mass is 15.1. The normalized spacial score (nSPS) is 10.4. The Bertz CT molecular complexity index is 417. The van der Waals surface area contributed by atoms with Crippen molar-refractivity contribution in [3.8, 4) is 5.69 Å². The molecule has 0 aliphatic heterocycles. The second-order valence-corrected chi connectivity index (χ2v) is 2.96. The van der Waals surface area contributed by atoms with Crippen LogP contribution >= 0.6 is 0 Å². The first-order valence-electron chi connectivity index (χ1n) is 4.31. The van der Waals surface area contributed by atoms with Gasteiger partial charge in [0.25, 0.3) is 0 Å². The largest absolute Gasteiger partial charge is 0.325 e. The smallest absolute Gasteiger partial charge is 0.125 e. The second kappa shape index (κ2) is 3.55. The highest BCUT2D eigenvalue weighted by molar-refractivity contribution is 5.25. The van der Waals surface area contributed by atoms with Crippen molar-refractivity contribution in [2.45, 2.75) is 13.5 Å². The molecule has 2 rings (SSSR count). The summed E-state index contributed by atoms with van der Waals surface area (Å²) in [5, 5.41) is 0. The minimum atomic E-state index is 0.444. The van der Waals surface area contributed by atoms with Gasteiger partial charge in [0.1, 0.15) is 5.82 Å². The molecule has 72 valence electrons. The molecule has 2 N–H and O–H groups in total. The Kier molecular flexibility index (Phi) is 2.24. The van der Waals surface area contributed by atoms with E-state index in [9.17, 15) is 0 Å². The van der Waals surface area contributed by atoms with Crippen LogP contribution < -0.4 is 5.73 Å². The van der Waals surface area contributed by atoms with Gasteiger partial charge in [-0.25, -0.2) is 15.0 Å². The number of nitrogens with two attached hydrogens (primary N) is 1. The van der Waals surface area contributed by atoms with Crippen LogP contribution in [0.3, 0.4) is 0 Å². The molecule has 5 heteroatoms. The van der Waals surface area contributed by atoms with E-state index in [1.54, 1.807) is 18.7 Å². The van der Waals surface area contributed by atoms with Gasteiger partial charge >= 0.3 is 0 Å². The lowest BCUT2D eigenvalue weighted by atomic mass is 10.4. The molecular formula is C9H11N5. The summed E-state index contributed by atoms with van der Waals surface area (Å²) in [5.74, 6) is 0.757. The lowest BCUT2D eigenvalue weighted by molar-refractivity contribution is 0.971. The molecule has 0 saturated heterocycles. The van der Waals surface area contributed by atoms with Gasteiger partial charge < -0.3 is 10.3 Å². The maximum atomic E-state index is 5.46. The van der Waals surface area contributed by atoms with Crippen molar-refractivity contribution in [2.24, 2.45) is 5.73 Å². The highest BCUT2D eigenvalue weighted by Crippen LogP contribution is 2.05. The van der Waals surface area contributed by atoms with E-state index in [0.29, 0.717) is 6.54 Å². The Morgan fingerprint density at radius 1 is 1.29 bits per heavy atom. The lowest BCUT2D eigenvalue weighted by Crippen LogP contribution is -1.97. The fourth-order valence-corrected chi connectivity index (χ4v) is 1.13. The fraction of sp³-hybridized carbons (Fsp3) is 0.222. The van der Waals surface area contributed by atoms with E-state index in [4.69, 9.17) is 5.73 Å². The topological polar surface area (TPSA) is 69.6 Å². The van der Waals surface area contributed by atoms with Crippen molar-refractivity contribution in [3.05, 3.63) is 36.4 Å². The van der Waals surface area contributed by atoms with Crippen LogP contribution in [0.2, 0.25) is 0 Å². The molecule has 0 saturated carbocycles. The molecule has 0 aromatic carbocycles. The molecule has 0 spiro atoms. The van der Waals surface area contributed by atoms with Crippen LogP contribution in [0.15, 0.2) is 24.9 Å². The molecule has 2 heterocycles. The van der Waals surface area contributed by atoms with Crippen molar-refractivity contribution >= 4 is 0 Å². The third-order valence-electron chi connectivity index (χ3n) is 1.91. The van der Waals surface area contributed by atoms with Crippen LogP contribution in [0.4, 0.5) is 0 Å². The van der Waals surface area contributed by atoms with Gasteiger partial charge in [0.05, 0.1) is 30.1 Å². The molecule has 0 radical (unpaired) electrons. The lowest BCUT2D eigenvalue weighted by Gasteiger charge is -1.99. The predicted molar refractivity (Wildman–Crippen MR) is 51.8 cm³/mol. The standard InChI is InChI=1S/C9H11N5/c1-7-11-3-9(4-12-7)14-5-8(2-10)13-6-14/h3-6H,2,10H2,1H3. The number of rotatable bonds is 2. The van der Waals surface area contributed by atoms with E-state index >= 15 is 0 Å². The summed E-state index contributed by atoms with van der Waals surface area (Å²) in [7, 11) is 0. The van der Waals surface area contributed by atoms with Crippen LogP contribution in [-0.4, -0.2) is 19.5 Å². The highest BCUT2D eigenvalue weighted by Gasteiger charge is 1.99. The van der Waals surface area contributed by atoms with Crippen LogP contribution in [0.1, 0.15) is 11.5 Å². The Hall–Kier alpha value is -1.75. The minimum Gasteiger partial charge on any atom is -0.325 e. The number of aryl methyl sites for hydroxylation is 1. The number of hydrogen-bond acceptors (Lipinski definition) is 4. The second-order valence-electron chi connectivity index (χ2n) is 2.96. The number of aromatic nitrogens is 4. The summed E-state index contributed by atoms with van der Waals surface area (Å²) >= 11 is 0. The maximum Gasteiger partial charge on any atom is 0.125 e. The van der Waals surface area contributed by atoms with Crippen LogP contribution in [0, 0.1) is 6.92 Å². The van der Waals surface area contributed by atoms with Gasteiger partial charge in [0.2, 0.25) is 0 Å². The van der Waals surface area contributed by atoms with Gasteiger partial charge in [-0.3, -0.25) is 0 Å². The average molecular weight is 189 g/mol. The van der Waals surface area contributed by atoms with Crippen molar-refractivity contribution in [1.82, 2.24) is 19.5 Å². The molecule has 2 aromatic rings. The van der Waals surface area contributed by atoms with Crippen molar-refractivity contribution in [3.63, 3.8) is 0 Å². The first-order chi connectivity index (χ1) is 6.79. The third kappa shape index (κ3) is 1.62. The Balaban J connectivity index is 2.34. The van der Waals surface area contributed by atoms with E-state index in [2.05, 4.69) is 15.0 Å². The van der Waals surface area contributed by atoms with Crippen molar-refractivity contribution in [1.29, 1.82) is 0 Å². The van der Waals surface area contributed by atoms with Gasteiger partial charge in [-0.15, -0.1) is 0 Å². The van der Waals surface area contributed by atoms with Gasteiger partial charge in [0, 0.05) is 12.7 Å². The Labute approximate surface area is 81.6 Å². The zero-order valence-corrected chi connectivity index (χ0v) is 7.88. The fourth-order valence-electron chi connectivity index (χ4n) is 1.13. The average Bonchev–Trinajstić information content (AvgIpc) is 2.67. The Morgan fingerprint density at radius 2 is 2.00 bits per heavy atom. The molecule has 5 nitrogen and oxygen atoms in total. The molecule has 0 aliphatic rings. The van der Waals surface area contributed by atoms with Crippen LogP contribution in [0.25, 0.3) is 5.69 Å². The molecule has 0 atom stereocenters. The summed E-state index contributed by atoms with van der Waals surface area (Å²) in [5.41, 5.74) is 7.20. The SMILES string of the molecule is Cc1ncc(-n2cnc(CN)c2)cn1. The molecule has 2 aromatic heterocycles. The predicted octanol–water partition coefficient (Wildman–Crippen LogP) is 0.429. The van der Waals surface area contributed by atoms with Crippen molar-refractivity contribution in [2.75, 3.05) is 0 Å². The maximum absolute atomic E-state index is 5.46. The summed E-state index contributed by atoms with van der Waals surface area (Å²) in [6.45, 7) is 2.29. The first kappa shape index (κ1) is 8.83. The zero-order valence-electron chi connectivity index (χ0n) is 7.88. The van der Waals surface area contributed by atoms with Crippen LogP contribution in [-0.2, 0) is 6.54 Å². The first-order valence-corrected chi connectivity index (χ1v) is 4.31. The zero-order chi connectivity index (χ0) is 9.97. The molecule has 0 amide bonds. The quantitative estimate of drug-likeness (QED) is 0.743. The molecule has 0 unspecified atom stereocenters. The summed E-state index contributed by atoms with van der Waals surface area (Å²) < 4.78 is 1.85. The molecule has 0 bridgehead atoms. The van der Waals surface area contributed by atoms with E-state index in [-0.39, 0.29) is 0 Å². The summed E-state index contributed by atoms with van der Waals surface area (Å²) in [4.78, 5) is 12.3. The van der Waals surface area contributed by atoms with Gasteiger partial charge in [-0.05, 0) is 6.92 Å². The van der Waals surface area contributed by atoms with E-state index in [0.717, 1.165) is 17.2 Å². The van der Waals surface area contributed by atoms with Gasteiger partial charge in [-0.1, -0.05) is 0 Å². The number of hydrogen-bond donors (Lipinski definition) is 1. The molecule has 0 aliphatic carbocycles. The monoisotopic (exact) mass is 189 g/mol. The van der Waals surface area contributed by atoms with Crippen LogP contribution in [0.5, 0.6) is 0 Å². The molecule has 0 fully saturated rings. The van der Waals surface area contributed by atoms with Gasteiger partial charge in [-0.2, -0.15) is 0 Å². The molecular weight excluding hydrogens is 178 g/mol. The summed E-state index contributed by atoms with van der Waals surface area (Å²) in [6, 6.07) is 0. The minimum absolute atomic E-state index is 0.444. The molecule has 14 heavy (non-hydrogen) atoms. The van der Waals surface area contributed by atoms with Gasteiger partial charge in [0.15, 0.2) is 0 Å².